The number of hydrogen-bond acceptors (Lipinski definition) is 6. The lowest BCUT2D eigenvalue weighted by molar-refractivity contribution is -0.137. The molecule has 6 rings (SSSR count). The van der Waals surface area contributed by atoms with Crippen LogP contribution in [0.5, 0.6) is 11.6 Å². The second-order valence-electron chi connectivity index (χ2n) is 10.1. The first-order valence-electron chi connectivity index (χ1n) is 13.1. The summed E-state index contributed by atoms with van der Waals surface area (Å²) in [5.41, 5.74) is 3.09. The summed E-state index contributed by atoms with van der Waals surface area (Å²) >= 11 is 6.63. The van der Waals surface area contributed by atoms with Gasteiger partial charge in [-0.1, -0.05) is 17.7 Å². The number of aryl methyl sites for hydroxylation is 2. The molecular weight excluding hydrogens is 552 g/mol. The summed E-state index contributed by atoms with van der Waals surface area (Å²) in [6.45, 7) is 3.16. The number of likely N-dealkylation sites (tertiary alicyclic amines) is 1. The number of aromatic nitrogens is 4. The van der Waals surface area contributed by atoms with Crippen LogP contribution in [0.2, 0.25) is 5.02 Å². The van der Waals surface area contributed by atoms with Gasteiger partial charge < -0.3 is 19.3 Å². The topological polar surface area (TPSA) is 93.4 Å². The predicted octanol–water partition coefficient (Wildman–Crippen LogP) is 5.95. The summed E-state index contributed by atoms with van der Waals surface area (Å²) in [5, 5.41) is 10.1. The Morgan fingerprint density at radius 1 is 1.12 bits per heavy atom. The number of ether oxygens (including phenoxy) is 1. The molecule has 210 valence electrons. The lowest BCUT2D eigenvalue weighted by atomic mass is 10.00. The van der Waals surface area contributed by atoms with E-state index in [4.69, 9.17) is 16.3 Å². The number of hydrogen-bond donors (Lipinski definition) is 1. The molecule has 1 aliphatic rings. The van der Waals surface area contributed by atoms with Crippen LogP contribution in [0.25, 0.3) is 33.1 Å². The quantitative estimate of drug-likeness (QED) is 0.277. The molecule has 1 aliphatic heterocycles. The van der Waals surface area contributed by atoms with E-state index in [0.717, 1.165) is 5.69 Å². The van der Waals surface area contributed by atoms with Crippen molar-refractivity contribution in [1.82, 2.24) is 24.4 Å². The molecule has 5 aromatic rings. The number of carbonyl (C=O) groups is 1. The van der Waals surface area contributed by atoms with E-state index in [-0.39, 0.29) is 17.1 Å². The summed E-state index contributed by atoms with van der Waals surface area (Å²) in [6.07, 6.45) is 0.500. The van der Waals surface area contributed by atoms with Crippen LogP contribution in [-0.2, 0) is 4.79 Å². The lowest BCUT2D eigenvalue weighted by Crippen LogP contribution is -2.46. The zero-order chi connectivity index (χ0) is 28.8. The van der Waals surface area contributed by atoms with Crippen molar-refractivity contribution in [2.75, 3.05) is 19.7 Å². The van der Waals surface area contributed by atoms with Crippen molar-refractivity contribution in [3.63, 3.8) is 0 Å². The zero-order valence-corrected chi connectivity index (χ0v) is 23.1. The van der Waals surface area contributed by atoms with Crippen LogP contribution >= 0.6 is 11.6 Å². The van der Waals surface area contributed by atoms with Crippen molar-refractivity contribution in [2.24, 2.45) is 0 Å². The predicted molar refractivity (Wildman–Crippen MR) is 151 cm³/mol. The molecular formula is C30H26ClF2N5O3. The Morgan fingerprint density at radius 3 is 2.68 bits per heavy atom. The van der Waals surface area contributed by atoms with Gasteiger partial charge in [-0.2, -0.15) is 0 Å². The van der Waals surface area contributed by atoms with Crippen LogP contribution in [0, 0.1) is 19.7 Å². The highest BCUT2D eigenvalue weighted by molar-refractivity contribution is 6.33. The molecule has 0 saturated carbocycles. The monoisotopic (exact) mass is 577 g/mol. The van der Waals surface area contributed by atoms with Gasteiger partial charge in [-0.25, -0.2) is 18.7 Å². The van der Waals surface area contributed by atoms with Crippen molar-refractivity contribution in [1.29, 1.82) is 0 Å². The first kappa shape index (κ1) is 27.0. The number of fused-ring (bicyclic) bond motifs is 3. The smallest absolute Gasteiger partial charge is 0.248 e. The molecule has 0 aliphatic carbocycles. The molecule has 3 aromatic heterocycles. The number of imidazole rings is 1. The number of aliphatic hydroxyl groups is 1. The highest BCUT2D eigenvalue weighted by Crippen LogP contribution is 2.39. The van der Waals surface area contributed by atoms with E-state index in [9.17, 15) is 9.90 Å². The third kappa shape index (κ3) is 4.98. The van der Waals surface area contributed by atoms with E-state index in [1.165, 1.54) is 11.0 Å². The molecule has 1 fully saturated rings. The Morgan fingerprint density at radius 2 is 1.95 bits per heavy atom. The molecule has 41 heavy (non-hydrogen) atoms. The van der Waals surface area contributed by atoms with E-state index >= 15 is 8.78 Å². The molecule has 0 bridgehead atoms. The van der Waals surface area contributed by atoms with Gasteiger partial charge in [0.1, 0.15) is 35.7 Å². The largest absolute Gasteiger partial charge is 0.439 e. The van der Waals surface area contributed by atoms with E-state index in [0.29, 0.717) is 57.9 Å². The van der Waals surface area contributed by atoms with Gasteiger partial charge in [0.25, 0.3) is 0 Å². The number of benzene rings is 2. The zero-order valence-electron chi connectivity index (χ0n) is 22.3. The van der Waals surface area contributed by atoms with Crippen molar-refractivity contribution < 1.29 is 23.4 Å². The normalized spacial score (nSPS) is 17.4. The molecule has 1 N–H and O–H groups in total. The highest BCUT2D eigenvalue weighted by Gasteiger charge is 2.34. The van der Waals surface area contributed by atoms with Gasteiger partial charge in [0, 0.05) is 47.0 Å². The minimum absolute atomic E-state index is 0.131. The molecule has 4 heterocycles. The van der Waals surface area contributed by atoms with Crippen LogP contribution in [0.4, 0.5) is 8.78 Å². The van der Waals surface area contributed by atoms with Crippen LogP contribution in [0.3, 0.4) is 0 Å². The standard InChI is InChI=1S/C30H26ClF2N5O3/c1-16-4-3-5-28(35-16)41-18-6-7-19(22(31)10-18)20-11-21-25(12-23(20)32)34-13-26-30(21)38(17(2)36-26)27-8-9-37(14-24(27)33)29(40)15-39/h3-7,10-13,24,27,39H,8-9,14-15H2,1-2H3/t24-,27-/m0/s1. The van der Waals surface area contributed by atoms with Crippen molar-refractivity contribution in [2.45, 2.75) is 32.5 Å². The molecule has 8 nitrogen and oxygen atoms in total. The third-order valence-electron chi connectivity index (χ3n) is 7.42. The van der Waals surface area contributed by atoms with Crippen LogP contribution in [0.15, 0.2) is 54.7 Å². The van der Waals surface area contributed by atoms with Crippen LogP contribution in [0.1, 0.15) is 24.0 Å². The Kier molecular flexibility index (Phi) is 7.04. The Balaban J connectivity index is 1.42. The Bertz CT molecular complexity index is 1810. The first-order valence-corrected chi connectivity index (χ1v) is 13.5. The molecule has 0 radical (unpaired) electrons. The fourth-order valence-electron chi connectivity index (χ4n) is 5.51. The average Bonchev–Trinajstić information content (AvgIpc) is 3.28. The van der Waals surface area contributed by atoms with Crippen LogP contribution < -0.4 is 4.74 Å². The SMILES string of the molecule is Cc1cccc(Oc2ccc(-c3cc4c(cc3F)ncc3nc(C)n([C@H]5CCN(C(=O)CO)C[C@@H]5F)c34)c(Cl)c2)n1. The van der Waals surface area contributed by atoms with E-state index in [1.54, 1.807) is 43.5 Å². The molecule has 0 unspecified atom stereocenters. The van der Waals surface area contributed by atoms with Gasteiger partial charge in [0.15, 0.2) is 0 Å². The lowest BCUT2D eigenvalue weighted by Gasteiger charge is -2.35. The third-order valence-corrected chi connectivity index (χ3v) is 7.74. The fourth-order valence-corrected chi connectivity index (χ4v) is 5.78. The maximum absolute atomic E-state index is 15.5. The summed E-state index contributed by atoms with van der Waals surface area (Å²) < 4.78 is 38.6. The summed E-state index contributed by atoms with van der Waals surface area (Å²) in [5.74, 6) is 0.439. The second kappa shape index (κ2) is 10.7. The number of nitrogens with zero attached hydrogens (tertiary/aromatic N) is 5. The van der Waals surface area contributed by atoms with Gasteiger partial charge in [-0.15, -0.1) is 0 Å². The molecule has 1 amide bonds. The van der Waals surface area contributed by atoms with Crippen molar-refractivity contribution in [3.05, 3.63) is 77.1 Å². The number of piperidine rings is 1. The number of amides is 1. The molecule has 1 saturated heterocycles. The number of pyridine rings is 2. The fraction of sp³-hybridized carbons (Fsp3) is 0.267. The van der Waals surface area contributed by atoms with Gasteiger partial charge in [-0.05, 0) is 44.5 Å². The Labute approximate surface area is 239 Å². The number of rotatable bonds is 5. The summed E-state index contributed by atoms with van der Waals surface area (Å²) in [7, 11) is 0. The van der Waals surface area contributed by atoms with Gasteiger partial charge in [-0.3, -0.25) is 9.78 Å². The van der Waals surface area contributed by atoms with Gasteiger partial charge in [0.2, 0.25) is 11.8 Å². The maximum atomic E-state index is 15.5. The van der Waals surface area contributed by atoms with E-state index in [1.807, 2.05) is 23.6 Å². The van der Waals surface area contributed by atoms with E-state index < -0.39 is 30.5 Å². The van der Waals surface area contributed by atoms with E-state index in [2.05, 4.69) is 15.0 Å². The second-order valence-corrected chi connectivity index (χ2v) is 10.5. The summed E-state index contributed by atoms with van der Waals surface area (Å²) in [6, 6.07) is 12.8. The van der Waals surface area contributed by atoms with Crippen molar-refractivity contribution >= 4 is 39.4 Å². The highest BCUT2D eigenvalue weighted by atomic mass is 35.5. The van der Waals surface area contributed by atoms with Gasteiger partial charge in [0.05, 0.1) is 34.8 Å². The van der Waals surface area contributed by atoms with Gasteiger partial charge >= 0.3 is 0 Å². The number of aliphatic hydroxyl groups excluding tert-OH is 1. The number of carbonyl (C=O) groups excluding carboxylic acids is 1. The minimum atomic E-state index is -1.39. The average molecular weight is 578 g/mol. The minimum Gasteiger partial charge on any atom is -0.439 e. The molecule has 2 atom stereocenters. The molecule has 2 aromatic carbocycles. The van der Waals surface area contributed by atoms with Crippen molar-refractivity contribution in [3.8, 4) is 22.8 Å². The molecule has 0 spiro atoms. The first-order chi connectivity index (χ1) is 19.7. The Hall–Kier alpha value is -4.15. The maximum Gasteiger partial charge on any atom is 0.248 e. The summed E-state index contributed by atoms with van der Waals surface area (Å²) in [4.78, 5) is 26.6. The van der Waals surface area contributed by atoms with Crippen LogP contribution in [-0.4, -0.2) is 61.3 Å². The number of halogens is 3. The molecule has 11 heteroatoms. The number of alkyl halides is 1.